The smallest absolute Gasteiger partial charge is 0.0819 e. The zero-order valence-corrected chi connectivity index (χ0v) is 99.7. The molecule has 17 rings (SSSR count). The number of allylic oxidation sites excluding steroid dienone is 7. The summed E-state index contributed by atoms with van der Waals surface area (Å²) in [7, 11) is -1.83. The molecule has 0 atom stereocenters. The first kappa shape index (κ1) is 114. The Labute approximate surface area is 894 Å². The summed E-state index contributed by atoms with van der Waals surface area (Å²) in [6.07, 6.45) is 8.77. The molecule has 1 N–H and O–H groups in total. The number of rotatable bonds is 16. The molecule has 0 amide bonds. The molecule has 22 heteroatoms. The third-order valence-corrected chi connectivity index (χ3v) is 34.5. The van der Waals surface area contributed by atoms with E-state index in [-0.39, 0.29) is 11.5 Å². The average Bonchev–Trinajstić information content (AvgIpc) is 1.28. The van der Waals surface area contributed by atoms with E-state index in [0.29, 0.717) is 22.4 Å². The van der Waals surface area contributed by atoms with Gasteiger partial charge < -0.3 is 45.3 Å². The second kappa shape index (κ2) is 45.2. The molecule has 21 nitrogen and oxygen atoms in total. The van der Waals surface area contributed by atoms with Crippen molar-refractivity contribution in [2.75, 3.05) is 13.3 Å². The van der Waals surface area contributed by atoms with E-state index in [1.54, 1.807) is 0 Å². The van der Waals surface area contributed by atoms with Crippen molar-refractivity contribution >= 4 is 57.3 Å². The van der Waals surface area contributed by atoms with E-state index in [0.717, 1.165) is 141 Å². The molecule has 2 aliphatic carbocycles. The van der Waals surface area contributed by atoms with Gasteiger partial charge in [-0.15, -0.1) is 0 Å². The molecule has 10 heterocycles. The quantitative estimate of drug-likeness (QED) is 0.0566. The van der Waals surface area contributed by atoms with Crippen LogP contribution < -0.4 is 10.2 Å². The highest BCUT2D eigenvalue weighted by Crippen LogP contribution is 2.51. The van der Waals surface area contributed by atoms with Gasteiger partial charge in [0.15, 0.2) is 0 Å². The number of benzene rings is 5. The third-order valence-electron chi connectivity index (χ3n) is 33.3. The minimum Gasteiger partial charge on any atom is -0.872 e. The molecule has 2 aliphatic rings. The van der Waals surface area contributed by atoms with Gasteiger partial charge in [-0.05, 0) is 491 Å². The minimum absolute atomic E-state index is 0.0103. The van der Waals surface area contributed by atoms with Crippen molar-refractivity contribution in [3.63, 3.8) is 0 Å². The number of nitrogens with one attached hydrogen (secondary N) is 1. The van der Waals surface area contributed by atoms with Crippen molar-refractivity contribution in [3.05, 3.63) is 408 Å². The number of hydrogen-bond donors (Lipinski definition) is 1. The number of nitrogens with zero attached hydrogens (tertiary/aromatic N) is 18. The van der Waals surface area contributed by atoms with Crippen LogP contribution in [0.15, 0.2) is 175 Å². The van der Waals surface area contributed by atoms with Gasteiger partial charge in [0.2, 0.25) is 0 Å². The first-order chi connectivity index (χ1) is 70.1. The molecule has 150 heavy (non-hydrogen) atoms. The number of hydrogen-bond acceptors (Lipinski definition) is 8. The fourth-order valence-electron chi connectivity index (χ4n) is 20.1. The van der Waals surface area contributed by atoms with Gasteiger partial charge in [0.05, 0.1) is 34.3 Å². The van der Waals surface area contributed by atoms with E-state index in [1.807, 2.05) is 129 Å². The monoisotopic (exact) mass is 2030 g/mol. The van der Waals surface area contributed by atoms with Gasteiger partial charge in [-0.2, -0.15) is 25.5 Å². The molecule has 792 valence electrons. The van der Waals surface area contributed by atoms with E-state index in [1.165, 1.54) is 174 Å². The van der Waals surface area contributed by atoms with Crippen LogP contribution in [0.5, 0.6) is 11.5 Å². The van der Waals surface area contributed by atoms with Gasteiger partial charge in [-0.3, -0.25) is 0 Å². The molecular weight excluding hydrogens is 1870 g/mol. The van der Waals surface area contributed by atoms with Crippen LogP contribution in [-0.2, 0) is 0 Å². The number of aromatic amines is 1. The second-order valence-corrected chi connectivity index (χ2v) is 45.4. The normalized spacial score (nSPS) is 13.4. The first-order valence-electron chi connectivity index (χ1n) is 52.2. The molecule has 10 aromatic heterocycles. The molecule has 5 aromatic carbocycles. The number of H-pyrrole nitrogens is 1. The van der Waals surface area contributed by atoms with Gasteiger partial charge in [0.1, 0.15) is 0 Å². The number of para-hydroxylation sites is 1. The van der Waals surface area contributed by atoms with E-state index >= 15 is 0 Å². The van der Waals surface area contributed by atoms with Crippen LogP contribution in [0, 0.1) is 284 Å². The number of aryl methyl sites for hydroxylation is 3. The lowest BCUT2D eigenvalue weighted by molar-refractivity contribution is -0.269. The number of fused-ring (bicyclic) bond motifs is 2. The molecule has 0 unspecified atom stereocenters. The molecule has 0 saturated heterocycles. The van der Waals surface area contributed by atoms with E-state index in [9.17, 15) is 10.2 Å². The maximum atomic E-state index is 13.8. The lowest BCUT2D eigenvalue weighted by atomic mass is 9.90. The summed E-state index contributed by atoms with van der Waals surface area (Å²) in [5.41, 5.74) is 72.2. The average molecular weight is 2030 g/mol. The van der Waals surface area contributed by atoms with Crippen LogP contribution in [0.1, 0.15) is 275 Å². The van der Waals surface area contributed by atoms with Crippen molar-refractivity contribution in [2.45, 2.75) is 311 Å². The Balaban J connectivity index is 0.000000161. The van der Waals surface area contributed by atoms with E-state index in [4.69, 9.17) is 41.3 Å². The van der Waals surface area contributed by atoms with Crippen molar-refractivity contribution in [1.29, 1.82) is 0 Å². The van der Waals surface area contributed by atoms with Gasteiger partial charge in [0, 0.05) is 115 Å². The predicted octanol–water partition coefficient (Wildman–Crippen LogP) is 32.2. The van der Waals surface area contributed by atoms with Crippen LogP contribution in [0.25, 0.3) is 48.7 Å². The highest BCUT2D eigenvalue weighted by Gasteiger charge is 2.24. The second-order valence-electron chi connectivity index (χ2n) is 42.4. The van der Waals surface area contributed by atoms with Crippen molar-refractivity contribution < 1.29 is 10.2 Å². The molecule has 0 aliphatic heterocycles. The van der Waals surface area contributed by atoms with Crippen LogP contribution in [0.2, 0.25) is 0 Å². The van der Waals surface area contributed by atoms with Gasteiger partial charge in [0.25, 0.3) is 0 Å². The first-order valence-corrected chi connectivity index (χ1v) is 54.8. The maximum absolute atomic E-state index is 13.8. The molecule has 0 fully saturated rings. The Morgan fingerprint density at radius 2 is 0.680 bits per heavy atom. The van der Waals surface area contributed by atoms with Crippen molar-refractivity contribution in [1.82, 2.24) is 47.1 Å². The Hall–Kier alpha value is -14.3. The fraction of sp³-hybridized carbons (Fsp3) is 0.367. The van der Waals surface area contributed by atoms with Crippen LogP contribution in [0.4, 0.5) is 0 Å². The molecular formula is C128H163N19O2P-5. The predicted molar refractivity (Wildman–Crippen MR) is 637 cm³/mol. The van der Waals surface area contributed by atoms with Gasteiger partial charge in [-0.1, -0.05) is 157 Å². The lowest BCUT2D eigenvalue weighted by Gasteiger charge is -2.36. The van der Waals surface area contributed by atoms with Crippen LogP contribution >= 0.6 is 7.21 Å². The highest BCUT2D eigenvalue weighted by atomic mass is 31.2. The Kier molecular flexibility index (Phi) is 34.5. The van der Waals surface area contributed by atoms with Gasteiger partial charge >= 0.3 is 0 Å². The molecule has 0 spiro atoms. The summed E-state index contributed by atoms with van der Waals surface area (Å²) in [6, 6.07) is 28.4. The maximum Gasteiger partial charge on any atom is 0.0819 e. The van der Waals surface area contributed by atoms with Crippen LogP contribution in [0.3, 0.4) is 0 Å². The zero-order chi connectivity index (χ0) is 111. The molecule has 0 bridgehead atoms. The minimum atomic E-state index is -1.83. The van der Waals surface area contributed by atoms with E-state index in [2.05, 4.69) is 364 Å². The Bertz CT molecular complexity index is 7990. The largest absolute Gasteiger partial charge is 0.872 e. The van der Waals surface area contributed by atoms with Crippen molar-refractivity contribution in [3.8, 4) is 22.6 Å². The number of aromatic nitrogens is 10. The summed E-state index contributed by atoms with van der Waals surface area (Å²) >= 11 is 0. The molecule has 0 radical (unpaired) electrons. The van der Waals surface area contributed by atoms with Crippen molar-refractivity contribution in [2.24, 2.45) is 30.4 Å². The summed E-state index contributed by atoms with van der Waals surface area (Å²) in [6.45, 7) is 105. The Morgan fingerprint density at radius 3 is 1.07 bits per heavy atom. The van der Waals surface area contributed by atoms with E-state index < -0.39 is 7.21 Å². The highest BCUT2D eigenvalue weighted by molar-refractivity contribution is 7.67. The fourth-order valence-corrected chi connectivity index (χ4v) is 21.6. The SMILES string of the molecule is C/C(=N\n1c(C)c(C)c(C)c1C)c1[nH]c(C)c(C)c1C.C/C(=N\n1c(C)c(C)c(C)c1C)c1cc(C)cc(C)c1[O-].C/C(=N\n1c(C)c(C)c(C)c1C)c1cccc(-c2c3ccccc3cc3ccccc23)c1[O-].C=C1C=C([N-]n2c(C)c(C)c(C)c2C)/C(=N/n2c(C)c(C)c(C)c2C)C1.C=C1C=C/C(=N\n2c(C)c(C)c(C)c2C)C([N-]n2c(C)c(C)c(C)c2C)=C1.Cc1c(C)c(C)n(N=P(C)(C)[N-]n2c(C)c(C)c(C)c2C)c1C. The zero-order valence-electron chi connectivity index (χ0n) is 98.8. The summed E-state index contributed by atoms with van der Waals surface area (Å²) < 4.78 is 18.3. The standard InChI is InChI=1S/C30H28N2O.C23H29N4.C22H29N4.C18H30N4P.C18H24N2O.C17H25N3/c1-18-19(2)22(5)32(21(18)4)31-20(3)25-15-10-16-28(30(25)33)29-26-13-8-6-11-23(26)17-24-12-7-9-14-27(24)29;1-13-10-11-22(24-26-18(6)14(2)15(3)19(26)7)23(12-13)25-27-20(8)16(4)17(5)21(27)9;1-12-10-21(23-25-17(6)13(2)14(3)18(25)7)22(11-12)24-26-19(8)15(4)16(5)20(26)9;1-11-12(2)16(6)21(15(11)5)19-23(9,10)20-22-17(7)13(3)14(4)18(22)8;1-10-8-11(2)18(21)17(9-10)14(5)19-20-15(6)12(3)13(4)16(20)7;1-9-12(4)17(18-13(9)5)14(6)19-20-15(7)10(2)11(3)16(20)8/h6-17,33H,1-5H3;10-12H,1H2,2-9H3;10H,1,11H2,2-9H3;1-10H3;8-9,21H,1-7H3;18H,1-8H3/q;3*-1;;/p-2/b31-20+;2*24-22+;;2*19-14+. The topological polar surface area (TPSA) is 223 Å². The molecule has 0 saturated carbocycles. The lowest BCUT2D eigenvalue weighted by Crippen LogP contribution is -2.11. The van der Waals surface area contributed by atoms with Gasteiger partial charge in [-0.25, -0.2) is 32.9 Å². The summed E-state index contributed by atoms with van der Waals surface area (Å²) in [4.78, 5) is 8.48. The van der Waals surface area contributed by atoms with Crippen LogP contribution in [-0.4, -0.2) is 89.0 Å². The molecule has 15 aromatic rings. The summed E-state index contributed by atoms with van der Waals surface area (Å²) in [5.74, 6) is 0.0777. The third kappa shape index (κ3) is 22.3. The summed E-state index contributed by atoms with van der Waals surface area (Å²) in [5, 5.41) is 59.9. The Morgan fingerprint density at radius 1 is 0.333 bits per heavy atom.